The Hall–Kier alpha value is -1.92. The number of aromatic nitrogens is 1. The molecule has 1 atom stereocenters. The summed E-state index contributed by atoms with van der Waals surface area (Å²) in [4.78, 5) is 22.0. The number of halogens is 1. The fourth-order valence-corrected chi connectivity index (χ4v) is 8.62. The minimum absolute atomic E-state index is 0.118. The fourth-order valence-electron chi connectivity index (χ4n) is 4.31. The maximum atomic E-state index is 13.3. The molecule has 33 heavy (non-hydrogen) atoms. The molecule has 0 radical (unpaired) electrons. The van der Waals surface area contributed by atoms with E-state index >= 15 is 0 Å². The van der Waals surface area contributed by atoms with Gasteiger partial charge in [-0.3, -0.25) is 4.79 Å². The number of nitrogens with zero attached hydrogens (tertiary/aromatic N) is 4. The summed E-state index contributed by atoms with van der Waals surface area (Å²) in [6, 6.07) is 8.25. The molecule has 12 heteroatoms. The van der Waals surface area contributed by atoms with Gasteiger partial charge < -0.3 is 14.5 Å². The van der Waals surface area contributed by atoms with Crippen molar-refractivity contribution in [3.05, 3.63) is 34.7 Å². The van der Waals surface area contributed by atoms with Crippen LogP contribution < -0.4 is 9.64 Å². The summed E-state index contributed by atoms with van der Waals surface area (Å²) < 4.78 is 34.5. The summed E-state index contributed by atoms with van der Waals surface area (Å²) in [6.45, 7) is 2.73. The largest absolute Gasteiger partial charge is 0.497 e. The summed E-state index contributed by atoms with van der Waals surface area (Å²) in [6.07, 6.45) is 1.21. The SMILES string of the molecule is COc1ccc2nc(N3CCN(C(=O)C4CCCN4S(=O)(=O)c4ccc(Cl)s4)CC3)sc2c1. The Morgan fingerprint density at radius 2 is 1.91 bits per heavy atom. The minimum atomic E-state index is -3.73. The van der Waals surface area contributed by atoms with Gasteiger partial charge in [0.05, 0.1) is 21.7 Å². The lowest BCUT2D eigenvalue weighted by atomic mass is 10.2. The van der Waals surface area contributed by atoms with Crippen molar-refractivity contribution < 1.29 is 17.9 Å². The molecule has 2 aliphatic heterocycles. The average Bonchev–Trinajstić information content (AvgIpc) is 3.57. The van der Waals surface area contributed by atoms with E-state index in [1.807, 2.05) is 18.2 Å². The summed E-state index contributed by atoms with van der Waals surface area (Å²) >= 11 is 8.57. The van der Waals surface area contributed by atoms with Crippen LogP contribution in [0.25, 0.3) is 10.2 Å². The normalized spacial score (nSPS) is 20.0. The van der Waals surface area contributed by atoms with E-state index < -0.39 is 16.1 Å². The van der Waals surface area contributed by atoms with Gasteiger partial charge in [-0.1, -0.05) is 22.9 Å². The number of ether oxygens (including phenoxy) is 1. The first kappa shape index (κ1) is 22.9. The molecular formula is C21H23ClN4O4S3. The number of hydrogen-bond acceptors (Lipinski definition) is 8. The molecule has 0 N–H and O–H groups in total. The van der Waals surface area contributed by atoms with Crippen molar-refractivity contribution >= 4 is 65.6 Å². The number of hydrogen-bond donors (Lipinski definition) is 0. The number of anilines is 1. The molecule has 4 heterocycles. The zero-order valence-corrected chi connectivity index (χ0v) is 21.1. The van der Waals surface area contributed by atoms with E-state index in [-0.39, 0.29) is 10.1 Å². The first-order valence-corrected chi connectivity index (χ1v) is 14.1. The van der Waals surface area contributed by atoms with Crippen LogP contribution in [-0.4, -0.2) is 74.4 Å². The van der Waals surface area contributed by atoms with Crippen LogP contribution in [0, 0.1) is 0 Å². The van der Waals surface area contributed by atoms with Crippen molar-refractivity contribution in [3.8, 4) is 5.75 Å². The molecule has 176 valence electrons. The number of carbonyl (C=O) groups is 1. The van der Waals surface area contributed by atoms with E-state index in [9.17, 15) is 13.2 Å². The Kier molecular flexibility index (Phi) is 6.25. The van der Waals surface area contributed by atoms with Gasteiger partial charge in [-0.25, -0.2) is 13.4 Å². The van der Waals surface area contributed by atoms with Crippen molar-refractivity contribution in [1.29, 1.82) is 0 Å². The standard InChI is InChI=1S/C21H23ClN4O4S3/c1-30-14-4-5-15-17(13-14)31-21(23-15)25-11-9-24(10-12-25)20(27)16-3-2-8-26(16)33(28,29)19-7-6-18(22)32-19/h4-7,13,16H,2-3,8-12H2,1H3. The third-order valence-electron chi connectivity index (χ3n) is 6.05. The summed E-state index contributed by atoms with van der Waals surface area (Å²) in [5.41, 5.74) is 0.926. The number of fused-ring (bicyclic) bond motifs is 1. The first-order chi connectivity index (χ1) is 15.9. The second kappa shape index (κ2) is 9.03. The highest BCUT2D eigenvalue weighted by molar-refractivity contribution is 7.91. The predicted molar refractivity (Wildman–Crippen MR) is 131 cm³/mol. The van der Waals surface area contributed by atoms with Crippen molar-refractivity contribution in [2.45, 2.75) is 23.1 Å². The highest BCUT2D eigenvalue weighted by atomic mass is 35.5. The molecule has 3 aromatic rings. The molecule has 2 aromatic heterocycles. The van der Waals surface area contributed by atoms with E-state index in [0.29, 0.717) is 49.9 Å². The van der Waals surface area contributed by atoms with Crippen molar-refractivity contribution in [3.63, 3.8) is 0 Å². The smallest absolute Gasteiger partial charge is 0.253 e. The van der Waals surface area contributed by atoms with Crippen LogP contribution in [0.5, 0.6) is 5.75 Å². The molecule has 1 amide bonds. The Labute approximate surface area is 205 Å². The number of rotatable bonds is 5. The second-order valence-corrected chi connectivity index (χ2v) is 12.8. The summed E-state index contributed by atoms with van der Waals surface area (Å²) in [5.74, 6) is 0.682. The molecule has 0 aliphatic carbocycles. The number of thiazole rings is 1. The van der Waals surface area contributed by atoms with Crippen LogP contribution in [-0.2, 0) is 14.8 Å². The molecule has 1 aromatic carbocycles. The lowest BCUT2D eigenvalue weighted by Crippen LogP contribution is -2.54. The predicted octanol–water partition coefficient (Wildman–Crippen LogP) is 3.52. The zero-order chi connectivity index (χ0) is 23.2. The highest BCUT2D eigenvalue weighted by Crippen LogP contribution is 2.34. The number of methoxy groups -OCH3 is 1. The number of amides is 1. The Balaban J connectivity index is 1.26. The zero-order valence-electron chi connectivity index (χ0n) is 17.9. The Morgan fingerprint density at radius 3 is 2.61 bits per heavy atom. The minimum Gasteiger partial charge on any atom is -0.497 e. The molecule has 0 spiro atoms. The molecular weight excluding hydrogens is 504 g/mol. The Bertz CT molecular complexity index is 1280. The van der Waals surface area contributed by atoms with Crippen LogP contribution in [0.4, 0.5) is 5.13 Å². The van der Waals surface area contributed by atoms with Gasteiger partial charge in [0.25, 0.3) is 10.0 Å². The van der Waals surface area contributed by atoms with Crippen molar-refractivity contribution in [1.82, 2.24) is 14.2 Å². The molecule has 2 aliphatic rings. The lowest BCUT2D eigenvalue weighted by molar-refractivity contribution is -0.134. The van der Waals surface area contributed by atoms with Gasteiger partial charge in [-0.15, -0.1) is 11.3 Å². The van der Waals surface area contributed by atoms with Crippen molar-refractivity contribution in [2.75, 3.05) is 44.7 Å². The van der Waals surface area contributed by atoms with Gasteiger partial charge in [-0.05, 0) is 43.2 Å². The molecule has 1 unspecified atom stereocenters. The number of benzene rings is 1. The van der Waals surface area contributed by atoms with Gasteiger partial charge in [0.15, 0.2) is 5.13 Å². The lowest BCUT2D eigenvalue weighted by Gasteiger charge is -2.37. The molecule has 5 rings (SSSR count). The molecule has 2 saturated heterocycles. The monoisotopic (exact) mass is 526 g/mol. The molecule has 0 saturated carbocycles. The van der Waals surface area contributed by atoms with E-state index in [2.05, 4.69) is 4.90 Å². The van der Waals surface area contributed by atoms with E-state index in [0.717, 1.165) is 32.4 Å². The number of carbonyl (C=O) groups excluding carboxylic acids is 1. The van der Waals surface area contributed by atoms with Gasteiger partial charge in [-0.2, -0.15) is 4.31 Å². The molecule has 8 nitrogen and oxygen atoms in total. The topological polar surface area (TPSA) is 83.1 Å². The quantitative estimate of drug-likeness (QED) is 0.506. The molecule has 2 fully saturated rings. The maximum absolute atomic E-state index is 13.3. The van der Waals surface area contributed by atoms with Gasteiger partial charge >= 0.3 is 0 Å². The number of thiophene rings is 1. The number of piperazine rings is 1. The van der Waals surface area contributed by atoms with Crippen LogP contribution in [0.3, 0.4) is 0 Å². The van der Waals surface area contributed by atoms with Crippen molar-refractivity contribution in [2.24, 2.45) is 0 Å². The van der Waals surface area contributed by atoms with E-state index in [1.54, 1.807) is 29.4 Å². The van der Waals surface area contributed by atoms with Gasteiger partial charge in [0, 0.05) is 32.7 Å². The van der Waals surface area contributed by atoms with Crippen LogP contribution in [0.2, 0.25) is 4.34 Å². The second-order valence-electron chi connectivity index (χ2n) is 7.97. The fraction of sp³-hybridized carbons (Fsp3) is 0.429. The summed E-state index contributed by atoms with van der Waals surface area (Å²) in [7, 11) is -2.09. The van der Waals surface area contributed by atoms with Gasteiger partial charge in [0.2, 0.25) is 5.91 Å². The van der Waals surface area contributed by atoms with Crippen LogP contribution in [0.15, 0.2) is 34.5 Å². The first-order valence-electron chi connectivity index (χ1n) is 10.6. The Morgan fingerprint density at radius 1 is 1.12 bits per heavy atom. The summed E-state index contributed by atoms with van der Waals surface area (Å²) in [5, 5.41) is 0.921. The average molecular weight is 527 g/mol. The maximum Gasteiger partial charge on any atom is 0.253 e. The van der Waals surface area contributed by atoms with E-state index in [1.165, 1.54) is 10.4 Å². The molecule has 0 bridgehead atoms. The van der Waals surface area contributed by atoms with E-state index in [4.69, 9.17) is 21.3 Å². The van der Waals surface area contributed by atoms with Crippen LogP contribution >= 0.6 is 34.3 Å². The third-order valence-corrected chi connectivity index (χ3v) is 10.7. The van der Waals surface area contributed by atoms with Gasteiger partial charge in [0.1, 0.15) is 16.0 Å². The van der Waals surface area contributed by atoms with Crippen LogP contribution in [0.1, 0.15) is 12.8 Å². The number of sulfonamides is 1. The third kappa shape index (κ3) is 4.32. The highest BCUT2D eigenvalue weighted by Gasteiger charge is 2.42.